The molecule has 0 amide bonds. The zero-order chi connectivity index (χ0) is 26.6. The molecule has 6 rings (SSSR count). The summed E-state index contributed by atoms with van der Waals surface area (Å²) in [6, 6.07) is 14.8. The summed E-state index contributed by atoms with van der Waals surface area (Å²) >= 11 is 0. The molecule has 39 heavy (non-hydrogen) atoms. The first kappa shape index (κ1) is 24.7. The lowest BCUT2D eigenvalue weighted by Crippen LogP contribution is -2.47. The van der Waals surface area contributed by atoms with Crippen molar-refractivity contribution in [3.05, 3.63) is 84.7 Å². The largest absolute Gasteiger partial charge is 0.338 e. The predicted octanol–water partition coefficient (Wildman–Crippen LogP) is 3.75. The maximum absolute atomic E-state index is 9.67. The van der Waals surface area contributed by atoms with Crippen LogP contribution in [0.1, 0.15) is 17.5 Å². The fourth-order valence-corrected chi connectivity index (χ4v) is 4.91. The molecule has 10 heteroatoms. The molecule has 5 aromatic rings. The smallest absolute Gasteiger partial charge is 0.225 e. The van der Waals surface area contributed by atoms with Crippen LogP contribution in [0.2, 0.25) is 0 Å². The number of hydrogen-bond donors (Lipinski definition) is 0. The Balaban J connectivity index is 1.12. The normalized spacial score (nSPS) is 14.1. The van der Waals surface area contributed by atoms with E-state index in [1.54, 1.807) is 15.4 Å². The van der Waals surface area contributed by atoms with Crippen molar-refractivity contribution in [2.45, 2.75) is 12.8 Å². The van der Waals surface area contributed by atoms with E-state index in [1.165, 1.54) is 5.56 Å². The summed E-state index contributed by atoms with van der Waals surface area (Å²) < 4.78 is 3.50. The highest BCUT2D eigenvalue weighted by atomic mass is 16.7. The zero-order valence-corrected chi connectivity index (χ0v) is 21.8. The van der Waals surface area contributed by atoms with E-state index in [4.69, 9.17) is 14.8 Å². The lowest BCUT2D eigenvalue weighted by Gasteiger charge is -2.33. The number of piperazine rings is 1. The molecule has 5 heterocycles. The topological polar surface area (TPSA) is 100 Å². The van der Waals surface area contributed by atoms with Gasteiger partial charge in [0.05, 0.1) is 30.1 Å². The maximum atomic E-state index is 9.67. The molecular weight excluding hydrogens is 490 g/mol. The number of rotatable bonds is 8. The maximum Gasteiger partial charge on any atom is 0.225 e. The number of pyridine rings is 1. The number of nitriles is 1. The van der Waals surface area contributed by atoms with E-state index in [2.05, 4.69) is 45.4 Å². The van der Waals surface area contributed by atoms with Crippen molar-refractivity contribution in [3.63, 3.8) is 0 Å². The molecule has 1 aromatic carbocycles. The van der Waals surface area contributed by atoms with Crippen LogP contribution in [0.15, 0.2) is 73.6 Å². The van der Waals surface area contributed by atoms with Crippen LogP contribution in [-0.2, 0) is 18.3 Å². The molecule has 4 aromatic heterocycles. The first-order valence-corrected chi connectivity index (χ1v) is 13.1. The van der Waals surface area contributed by atoms with E-state index in [-0.39, 0.29) is 0 Å². The number of hydroxylamine groups is 2. The fraction of sp³-hybridized carbons (Fsp3) is 0.276. The highest BCUT2D eigenvalue weighted by molar-refractivity contribution is 5.87. The van der Waals surface area contributed by atoms with Crippen molar-refractivity contribution in [1.82, 2.24) is 34.4 Å². The third kappa shape index (κ3) is 5.36. The Morgan fingerprint density at radius 3 is 2.41 bits per heavy atom. The van der Waals surface area contributed by atoms with Gasteiger partial charge in [-0.05, 0) is 24.5 Å². The average Bonchev–Trinajstić information content (AvgIpc) is 3.62. The molecule has 0 unspecified atom stereocenters. The van der Waals surface area contributed by atoms with Crippen LogP contribution in [0.25, 0.3) is 27.8 Å². The van der Waals surface area contributed by atoms with Crippen molar-refractivity contribution in [2.24, 2.45) is 7.05 Å². The number of benzene rings is 1. The minimum absolute atomic E-state index is 0.506. The molecular formula is C29H29N9O. The molecule has 1 aliphatic heterocycles. The minimum Gasteiger partial charge on any atom is -0.338 e. The quantitative estimate of drug-likeness (QED) is 0.286. The van der Waals surface area contributed by atoms with E-state index in [1.807, 2.05) is 55.2 Å². The fourth-order valence-electron chi connectivity index (χ4n) is 4.91. The summed E-state index contributed by atoms with van der Waals surface area (Å²) in [6.45, 7) is 3.89. The van der Waals surface area contributed by atoms with Crippen LogP contribution in [0.5, 0.6) is 0 Å². The van der Waals surface area contributed by atoms with Crippen molar-refractivity contribution in [3.8, 4) is 28.3 Å². The molecule has 0 bridgehead atoms. The SMILES string of the molecule is Cn1cc(-c2cc(-c3cnc(N4CCN(OCCCc5ccccc5)CC4)nc3)c3c(C#N)cnn3c2)cn1. The molecule has 10 nitrogen and oxygen atoms in total. The van der Waals surface area contributed by atoms with Gasteiger partial charge in [-0.2, -0.15) is 20.5 Å². The van der Waals surface area contributed by atoms with Gasteiger partial charge in [0.15, 0.2) is 0 Å². The molecule has 0 aliphatic carbocycles. The Hall–Kier alpha value is -4.59. The second-order valence-electron chi connectivity index (χ2n) is 9.62. The average molecular weight is 520 g/mol. The standard InChI is InChI=1S/C29H29N9O/c1-35-20-26(19-33-35)23-14-27(28-24(15-30)18-34-38(28)21-23)25-16-31-29(32-17-25)36-9-11-37(12-10-36)39-13-5-8-22-6-3-2-4-7-22/h2-4,6-7,14,16-21H,5,8-13H2,1H3. The number of nitrogens with zero attached hydrogens (tertiary/aromatic N) is 9. The molecule has 196 valence electrons. The van der Waals surface area contributed by atoms with Gasteiger partial charge in [0.2, 0.25) is 5.95 Å². The van der Waals surface area contributed by atoms with Gasteiger partial charge in [-0.1, -0.05) is 30.3 Å². The van der Waals surface area contributed by atoms with Crippen LogP contribution in [0.4, 0.5) is 5.95 Å². The van der Waals surface area contributed by atoms with Crippen LogP contribution in [0, 0.1) is 11.3 Å². The predicted molar refractivity (Wildman–Crippen MR) is 148 cm³/mol. The summed E-state index contributed by atoms with van der Waals surface area (Å²) in [5.74, 6) is 0.691. The second kappa shape index (κ2) is 11.0. The number of anilines is 1. The van der Waals surface area contributed by atoms with Gasteiger partial charge in [-0.15, -0.1) is 0 Å². The number of aryl methyl sites for hydroxylation is 2. The Bertz CT molecular complexity index is 1590. The first-order valence-electron chi connectivity index (χ1n) is 13.1. The summed E-state index contributed by atoms with van der Waals surface area (Å²) in [5.41, 5.74) is 6.17. The van der Waals surface area contributed by atoms with Gasteiger partial charge in [-0.3, -0.25) is 9.52 Å². The van der Waals surface area contributed by atoms with Gasteiger partial charge in [0.1, 0.15) is 6.07 Å². The van der Waals surface area contributed by atoms with Gasteiger partial charge >= 0.3 is 0 Å². The molecule has 0 atom stereocenters. The van der Waals surface area contributed by atoms with Gasteiger partial charge in [-0.25, -0.2) is 14.5 Å². The molecule has 0 N–H and O–H groups in total. The number of aromatic nitrogens is 6. The summed E-state index contributed by atoms with van der Waals surface area (Å²) in [7, 11) is 1.88. The Morgan fingerprint density at radius 1 is 0.897 bits per heavy atom. The van der Waals surface area contributed by atoms with Crippen LogP contribution < -0.4 is 4.90 Å². The van der Waals surface area contributed by atoms with Gasteiger partial charge in [0.25, 0.3) is 0 Å². The van der Waals surface area contributed by atoms with Crippen LogP contribution >= 0.6 is 0 Å². The molecule has 1 fully saturated rings. The lowest BCUT2D eigenvalue weighted by molar-refractivity contribution is -0.162. The van der Waals surface area contributed by atoms with Gasteiger partial charge < -0.3 is 4.90 Å². The molecule has 1 saturated heterocycles. The van der Waals surface area contributed by atoms with Crippen LogP contribution in [0.3, 0.4) is 0 Å². The summed E-state index contributed by atoms with van der Waals surface area (Å²) in [6.07, 6.45) is 12.9. The molecule has 0 saturated carbocycles. The highest BCUT2D eigenvalue weighted by Crippen LogP contribution is 2.31. The van der Waals surface area contributed by atoms with Crippen molar-refractivity contribution in [1.29, 1.82) is 5.26 Å². The van der Waals surface area contributed by atoms with E-state index in [0.29, 0.717) is 18.1 Å². The van der Waals surface area contributed by atoms with E-state index in [9.17, 15) is 5.26 Å². The van der Waals surface area contributed by atoms with E-state index >= 15 is 0 Å². The lowest BCUT2D eigenvalue weighted by atomic mass is 10.0. The Labute approximate surface area is 226 Å². The molecule has 0 radical (unpaired) electrons. The second-order valence-corrected chi connectivity index (χ2v) is 9.62. The highest BCUT2D eigenvalue weighted by Gasteiger charge is 2.20. The molecule has 1 aliphatic rings. The summed E-state index contributed by atoms with van der Waals surface area (Å²) in [4.78, 5) is 17.6. The first-order chi connectivity index (χ1) is 19.2. The minimum atomic E-state index is 0.506. The van der Waals surface area contributed by atoms with E-state index < -0.39 is 0 Å². The zero-order valence-electron chi connectivity index (χ0n) is 21.8. The Morgan fingerprint density at radius 2 is 1.69 bits per heavy atom. The number of hydrogen-bond acceptors (Lipinski definition) is 8. The number of fused-ring (bicyclic) bond motifs is 1. The Kier molecular flexibility index (Phi) is 6.99. The molecule has 0 spiro atoms. The monoisotopic (exact) mass is 519 g/mol. The van der Waals surface area contributed by atoms with Crippen molar-refractivity contribution >= 4 is 11.5 Å². The third-order valence-electron chi connectivity index (χ3n) is 6.97. The summed E-state index contributed by atoms with van der Waals surface area (Å²) in [5, 5.41) is 20.4. The van der Waals surface area contributed by atoms with Crippen molar-refractivity contribution < 1.29 is 4.84 Å². The van der Waals surface area contributed by atoms with Crippen molar-refractivity contribution in [2.75, 3.05) is 37.7 Å². The van der Waals surface area contributed by atoms with E-state index in [0.717, 1.165) is 66.8 Å². The van der Waals surface area contributed by atoms with Crippen LogP contribution in [-0.4, -0.2) is 67.2 Å². The van der Waals surface area contributed by atoms with Gasteiger partial charge in [0, 0.05) is 80.3 Å². The third-order valence-corrected chi connectivity index (χ3v) is 6.97.